The van der Waals surface area contributed by atoms with Crippen molar-refractivity contribution in [2.24, 2.45) is 0 Å². The van der Waals surface area contributed by atoms with Crippen molar-refractivity contribution in [1.82, 2.24) is 0 Å². The van der Waals surface area contributed by atoms with Gasteiger partial charge in [0.25, 0.3) is 0 Å². The molecule has 0 saturated heterocycles. The molecule has 0 nitrogen and oxygen atoms in total. The summed E-state index contributed by atoms with van der Waals surface area (Å²) < 4.78 is 0. The van der Waals surface area contributed by atoms with E-state index >= 15 is 0 Å². The van der Waals surface area contributed by atoms with Gasteiger partial charge in [-0.05, 0) is 28.7 Å². The molecular weight excluding hydrogens is 204 g/mol. The summed E-state index contributed by atoms with van der Waals surface area (Å²) in [5, 5.41) is 0. The fourth-order valence-electron chi connectivity index (χ4n) is 2.20. The van der Waals surface area contributed by atoms with Crippen molar-refractivity contribution in [3.05, 3.63) is 89.1 Å². The summed E-state index contributed by atoms with van der Waals surface area (Å²) in [6, 6.07) is 8.49. The minimum Gasteiger partial charge on any atom is -0.0795 e. The summed E-state index contributed by atoms with van der Waals surface area (Å²) in [5.74, 6) is 0. The van der Waals surface area contributed by atoms with Crippen LogP contribution >= 0.6 is 0 Å². The minimum atomic E-state index is 1.12. The van der Waals surface area contributed by atoms with E-state index in [2.05, 4.69) is 72.9 Å². The van der Waals surface area contributed by atoms with E-state index in [1.54, 1.807) is 0 Å². The van der Waals surface area contributed by atoms with Crippen molar-refractivity contribution in [3.63, 3.8) is 0 Å². The molecule has 1 aromatic carbocycles. The quantitative estimate of drug-likeness (QED) is 0.611. The molecule has 0 heterocycles. The first kappa shape index (κ1) is 10.1. The Hall–Kier alpha value is -2.08. The molecule has 0 spiro atoms. The summed E-state index contributed by atoms with van der Waals surface area (Å²) in [6.45, 7) is 0. The van der Waals surface area contributed by atoms with Gasteiger partial charge in [0.1, 0.15) is 0 Å². The first-order chi connectivity index (χ1) is 8.43. The fraction of sp³-hybridized carbons (Fsp3) is 0.0588. The summed E-state index contributed by atoms with van der Waals surface area (Å²) in [6.07, 6.45) is 18.1. The van der Waals surface area contributed by atoms with E-state index in [0.717, 1.165) is 6.42 Å². The highest BCUT2D eigenvalue weighted by molar-refractivity contribution is 5.60. The van der Waals surface area contributed by atoms with Crippen molar-refractivity contribution < 1.29 is 0 Å². The van der Waals surface area contributed by atoms with E-state index in [1.165, 1.54) is 22.3 Å². The van der Waals surface area contributed by atoms with Crippen molar-refractivity contribution in [3.8, 4) is 0 Å². The molecule has 0 aromatic heterocycles. The third-order valence-corrected chi connectivity index (χ3v) is 3.13. The lowest BCUT2D eigenvalue weighted by molar-refractivity contribution is 1.31. The van der Waals surface area contributed by atoms with Crippen LogP contribution in [0, 0.1) is 0 Å². The number of hydrogen-bond donors (Lipinski definition) is 0. The van der Waals surface area contributed by atoms with Gasteiger partial charge in [-0.3, -0.25) is 0 Å². The maximum absolute atomic E-state index is 2.20. The Labute approximate surface area is 102 Å². The van der Waals surface area contributed by atoms with Gasteiger partial charge < -0.3 is 0 Å². The largest absolute Gasteiger partial charge is 0.0795 e. The van der Waals surface area contributed by atoms with Crippen molar-refractivity contribution in [1.29, 1.82) is 0 Å². The Morgan fingerprint density at radius 1 is 0.765 bits per heavy atom. The normalized spacial score (nSPS) is 17.2. The van der Waals surface area contributed by atoms with Gasteiger partial charge in [0.2, 0.25) is 0 Å². The molecule has 1 aromatic rings. The van der Waals surface area contributed by atoms with Crippen LogP contribution in [0.15, 0.2) is 77.9 Å². The predicted octanol–water partition coefficient (Wildman–Crippen LogP) is 4.23. The van der Waals surface area contributed by atoms with Gasteiger partial charge in [0.15, 0.2) is 0 Å². The van der Waals surface area contributed by atoms with Gasteiger partial charge in [-0.2, -0.15) is 0 Å². The average Bonchev–Trinajstić information content (AvgIpc) is 3.06. The molecule has 0 heteroatoms. The van der Waals surface area contributed by atoms with Crippen LogP contribution in [0.25, 0.3) is 6.08 Å². The lowest BCUT2D eigenvalue weighted by atomic mass is 10.1. The summed E-state index contributed by atoms with van der Waals surface area (Å²) >= 11 is 0. The topological polar surface area (TPSA) is 0 Å². The average molecular weight is 218 g/mol. The molecule has 0 N–H and O–H groups in total. The third kappa shape index (κ3) is 2.07. The van der Waals surface area contributed by atoms with Crippen LogP contribution in [0.2, 0.25) is 0 Å². The molecule has 0 saturated carbocycles. The molecule has 0 atom stereocenters. The van der Waals surface area contributed by atoms with Crippen molar-refractivity contribution in [2.45, 2.75) is 6.42 Å². The van der Waals surface area contributed by atoms with E-state index in [1.807, 2.05) is 0 Å². The molecule has 0 bridgehead atoms. The first-order valence-corrected chi connectivity index (χ1v) is 5.95. The van der Waals surface area contributed by atoms with Gasteiger partial charge in [0.05, 0.1) is 0 Å². The standard InChI is InChI=1S/C9H8.C8H6/c1-2-5-9-7-3-6-8(9)4-1;1-3-7-5-2-6-8(7)4-1/h1-6H,7H2;1-6H. The van der Waals surface area contributed by atoms with Crippen LogP contribution in [0.5, 0.6) is 0 Å². The minimum absolute atomic E-state index is 1.12. The maximum Gasteiger partial charge on any atom is -0.00882 e. The Balaban J connectivity index is 0.000000107. The molecule has 3 aliphatic carbocycles. The predicted molar refractivity (Wildman–Crippen MR) is 73.6 cm³/mol. The van der Waals surface area contributed by atoms with Crippen LogP contribution < -0.4 is 0 Å². The van der Waals surface area contributed by atoms with E-state index in [4.69, 9.17) is 0 Å². The molecule has 0 fully saturated rings. The molecule has 17 heavy (non-hydrogen) atoms. The lowest BCUT2D eigenvalue weighted by Crippen LogP contribution is -1.76. The molecule has 3 aliphatic rings. The van der Waals surface area contributed by atoms with Crippen molar-refractivity contribution >= 4 is 6.08 Å². The third-order valence-electron chi connectivity index (χ3n) is 3.13. The van der Waals surface area contributed by atoms with Gasteiger partial charge in [-0.1, -0.05) is 72.9 Å². The Morgan fingerprint density at radius 2 is 1.47 bits per heavy atom. The monoisotopic (exact) mass is 218 g/mol. The Morgan fingerprint density at radius 3 is 2.18 bits per heavy atom. The van der Waals surface area contributed by atoms with E-state index in [-0.39, 0.29) is 0 Å². The van der Waals surface area contributed by atoms with E-state index in [0.29, 0.717) is 0 Å². The molecule has 4 rings (SSSR count). The zero-order valence-corrected chi connectivity index (χ0v) is 9.64. The van der Waals surface area contributed by atoms with Crippen LogP contribution in [-0.2, 0) is 6.42 Å². The first-order valence-electron chi connectivity index (χ1n) is 5.95. The number of hydrogen-bond acceptors (Lipinski definition) is 0. The van der Waals surface area contributed by atoms with Gasteiger partial charge in [-0.25, -0.2) is 0 Å². The Kier molecular flexibility index (Phi) is 2.63. The SMILES string of the molecule is C1=CC2=CC=CC2=C1.C1=Cc2ccccc2C1. The van der Waals surface area contributed by atoms with Crippen LogP contribution in [0.4, 0.5) is 0 Å². The van der Waals surface area contributed by atoms with E-state index in [9.17, 15) is 0 Å². The highest BCUT2D eigenvalue weighted by atomic mass is 14.1. The smallest absolute Gasteiger partial charge is 0.00882 e. The van der Waals surface area contributed by atoms with Gasteiger partial charge in [-0.15, -0.1) is 0 Å². The fourth-order valence-corrected chi connectivity index (χ4v) is 2.20. The molecule has 0 unspecified atom stereocenters. The number of rotatable bonds is 0. The van der Waals surface area contributed by atoms with Gasteiger partial charge >= 0.3 is 0 Å². The van der Waals surface area contributed by atoms with E-state index < -0.39 is 0 Å². The Bertz CT molecular complexity index is 552. The second-order valence-corrected chi connectivity index (χ2v) is 4.27. The summed E-state index contributed by atoms with van der Waals surface area (Å²) in [4.78, 5) is 0. The molecular formula is C17H14. The van der Waals surface area contributed by atoms with Crippen LogP contribution in [0.3, 0.4) is 0 Å². The second-order valence-electron chi connectivity index (χ2n) is 4.27. The summed E-state index contributed by atoms with van der Waals surface area (Å²) in [7, 11) is 0. The lowest BCUT2D eigenvalue weighted by Gasteiger charge is -1.93. The number of allylic oxidation sites excluding steroid dienone is 9. The summed E-state index contributed by atoms with van der Waals surface area (Å²) in [5.41, 5.74) is 5.55. The number of benzene rings is 1. The molecule has 82 valence electrons. The molecule has 0 amide bonds. The van der Waals surface area contributed by atoms with Crippen LogP contribution in [-0.4, -0.2) is 0 Å². The molecule has 0 aliphatic heterocycles. The highest BCUT2D eigenvalue weighted by Crippen LogP contribution is 2.23. The zero-order valence-electron chi connectivity index (χ0n) is 9.64. The zero-order chi connectivity index (χ0) is 11.5. The van der Waals surface area contributed by atoms with Gasteiger partial charge in [0, 0.05) is 0 Å². The van der Waals surface area contributed by atoms with Crippen LogP contribution in [0.1, 0.15) is 11.1 Å². The highest BCUT2D eigenvalue weighted by Gasteiger charge is 2.04. The number of fused-ring (bicyclic) bond motifs is 2. The maximum atomic E-state index is 2.20. The second kappa shape index (κ2) is 4.42. The molecule has 0 radical (unpaired) electrons. The van der Waals surface area contributed by atoms with Crippen molar-refractivity contribution in [2.75, 3.05) is 0 Å².